The van der Waals surface area contributed by atoms with Gasteiger partial charge >= 0.3 is 0 Å². The van der Waals surface area contributed by atoms with Crippen molar-refractivity contribution in [2.24, 2.45) is 5.92 Å². The van der Waals surface area contributed by atoms with Crippen molar-refractivity contribution in [3.63, 3.8) is 0 Å². The maximum absolute atomic E-state index is 13.8. The van der Waals surface area contributed by atoms with Crippen molar-refractivity contribution in [3.05, 3.63) is 113 Å². The molecule has 6 heteroatoms. The molecule has 1 aliphatic heterocycles. The van der Waals surface area contributed by atoms with E-state index in [2.05, 4.69) is 51.5 Å². The third-order valence-electron chi connectivity index (χ3n) is 6.93. The first-order valence-corrected chi connectivity index (χ1v) is 13.2. The number of hydrogen-bond donors (Lipinski definition) is 0. The summed E-state index contributed by atoms with van der Waals surface area (Å²) in [5.41, 5.74) is 4.18. The molecule has 1 atom stereocenters. The Morgan fingerprint density at radius 1 is 0.865 bits per heavy atom. The maximum atomic E-state index is 13.8. The Morgan fingerprint density at radius 2 is 1.57 bits per heavy atom. The van der Waals surface area contributed by atoms with Gasteiger partial charge in [-0.05, 0) is 54.7 Å². The number of nitrogens with zero attached hydrogens (tertiary/aromatic N) is 4. The summed E-state index contributed by atoms with van der Waals surface area (Å²) in [5.74, 6) is 0.968. The van der Waals surface area contributed by atoms with Gasteiger partial charge in [0.2, 0.25) is 5.91 Å². The van der Waals surface area contributed by atoms with Crippen LogP contribution in [0.25, 0.3) is 11.3 Å². The molecule has 0 spiro atoms. The highest BCUT2D eigenvalue weighted by Gasteiger charge is 2.30. The molecule has 1 aromatic heterocycles. The summed E-state index contributed by atoms with van der Waals surface area (Å²) >= 11 is 6.01. The molecular weight excluding hydrogens is 480 g/mol. The molecule has 0 radical (unpaired) electrons. The molecule has 1 saturated heterocycles. The second-order valence-corrected chi connectivity index (χ2v) is 9.99. The van der Waals surface area contributed by atoms with Crippen LogP contribution in [0.4, 0.5) is 5.82 Å². The molecule has 0 N–H and O–H groups in total. The molecule has 2 heterocycles. The van der Waals surface area contributed by atoms with E-state index in [9.17, 15) is 4.79 Å². The van der Waals surface area contributed by atoms with Crippen molar-refractivity contribution in [2.45, 2.75) is 25.8 Å². The van der Waals surface area contributed by atoms with Crippen molar-refractivity contribution in [1.29, 1.82) is 0 Å². The second kappa shape index (κ2) is 12.0. The van der Waals surface area contributed by atoms with Crippen LogP contribution in [0.15, 0.2) is 97.1 Å². The van der Waals surface area contributed by atoms with Crippen LogP contribution < -0.4 is 4.90 Å². The Balaban J connectivity index is 1.28. The lowest BCUT2D eigenvalue weighted by atomic mass is 9.96. The zero-order valence-electron chi connectivity index (χ0n) is 20.8. The number of benzene rings is 3. The fraction of sp³-hybridized carbons (Fsp3) is 0.258. The summed E-state index contributed by atoms with van der Waals surface area (Å²) in [6.07, 6.45) is 2.69. The van der Waals surface area contributed by atoms with E-state index in [1.54, 1.807) is 0 Å². The van der Waals surface area contributed by atoms with E-state index in [0.29, 0.717) is 24.7 Å². The van der Waals surface area contributed by atoms with Crippen LogP contribution in [0.3, 0.4) is 0 Å². The lowest BCUT2D eigenvalue weighted by Gasteiger charge is -2.35. The SMILES string of the molecule is O=C(C1CCCN(c2ccc(-c3ccc(Cl)cc3)nn2)C1)N(CCc1ccccc1)Cc1ccccc1. The quantitative estimate of drug-likeness (QED) is 0.280. The summed E-state index contributed by atoms with van der Waals surface area (Å²) < 4.78 is 0. The van der Waals surface area contributed by atoms with Gasteiger partial charge in [-0.25, -0.2) is 0 Å². The molecule has 188 valence electrons. The summed E-state index contributed by atoms with van der Waals surface area (Å²) in [6, 6.07) is 32.2. The van der Waals surface area contributed by atoms with E-state index < -0.39 is 0 Å². The monoisotopic (exact) mass is 510 g/mol. The predicted molar refractivity (Wildman–Crippen MR) is 149 cm³/mol. The molecule has 3 aromatic carbocycles. The van der Waals surface area contributed by atoms with Gasteiger partial charge in [0.1, 0.15) is 0 Å². The van der Waals surface area contributed by atoms with Crippen molar-refractivity contribution in [1.82, 2.24) is 15.1 Å². The van der Waals surface area contributed by atoms with E-state index in [-0.39, 0.29) is 11.8 Å². The third-order valence-corrected chi connectivity index (χ3v) is 7.18. The van der Waals surface area contributed by atoms with Crippen molar-refractivity contribution in [2.75, 3.05) is 24.5 Å². The standard InChI is InChI=1S/C31H31ClN4O/c32-28-15-13-26(14-16-28)29-17-18-30(34-33-29)35-20-7-12-27(23-35)31(37)36(22-25-10-5-2-6-11-25)21-19-24-8-3-1-4-9-24/h1-6,8-11,13-18,27H,7,12,19-23H2. The fourth-order valence-electron chi connectivity index (χ4n) is 4.89. The average molecular weight is 511 g/mol. The molecule has 4 aromatic rings. The number of halogens is 1. The zero-order chi connectivity index (χ0) is 25.5. The Morgan fingerprint density at radius 3 is 2.24 bits per heavy atom. The Hall–Kier alpha value is -3.70. The molecule has 0 aliphatic carbocycles. The number of anilines is 1. The van der Waals surface area contributed by atoms with Crippen LogP contribution in [0, 0.1) is 5.92 Å². The topological polar surface area (TPSA) is 49.3 Å². The van der Waals surface area contributed by atoms with E-state index >= 15 is 0 Å². The van der Waals surface area contributed by atoms with Gasteiger partial charge in [0.05, 0.1) is 11.6 Å². The minimum absolute atomic E-state index is 0.0639. The lowest BCUT2D eigenvalue weighted by molar-refractivity contribution is -0.136. The van der Waals surface area contributed by atoms with Gasteiger partial charge in [0.25, 0.3) is 0 Å². The van der Waals surface area contributed by atoms with Gasteiger partial charge in [-0.15, -0.1) is 10.2 Å². The highest BCUT2D eigenvalue weighted by molar-refractivity contribution is 6.30. The zero-order valence-corrected chi connectivity index (χ0v) is 21.6. The molecule has 0 saturated carbocycles. The van der Waals surface area contributed by atoms with Crippen molar-refractivity contribution < 1.29 is 4.79 Å². The largest absolute Gasteiger partial charge is 0.354 e. The average Bonchev–Trinajstić information content (AvgIpc) is 2.96. The third kappa shape index (κ3) is 6.55. The molecule has 1 amide bonds. The molecule has 5 rings (SSSR count). The molecular formula is C31H31ClN4O. The van der Waals surface area contributed by atoms with E-state index in [1.807, 2.05) is 65.6 Å². The molecule has 5 nitrogen and oxygen atoms in total. The Labute approximate surface area is 223 Å². The number of rotatable bonds is 8. The summed E-state index contributed by atoms with van der Waals surface area (Å²) in [5, 5.41) is 9.65. The number of amides is 1. The van der Waals surface area contributed by atoms with Crippen LogP contribution in [-0.4, -0.2) is 40.6 Å². The lowest BCUT2D eigenvalue weighted by Crippen LogP contribution is -2.45. The van der Waals surface area contributed by atoms with E-state index in [1.165, 1.54) is 5.56 Å². The van der Waals surface area contributed by atoms with E-state index in [4.69, 9.17) is 11.6 Å². The van der Waals surface area contributed by atoms with Crippen molar-refractivity contribution >= 4 is 23.3 Å². The molecule has 0 bridgehead atoms. The van der Waals surface area contributed by atoms with Crippen LogP contribution in [0.2, 0.25) is 5.02 Å². The number of carbonyl (C=O) groups is 1. The number of carbonyl (C=O) groups excluding carboxylic acids is 1. The number of hydrogen-bond acceptors (Lipinski definition) is 4. The first-order chi connectivity index (χ1) is 18.2. The summed E-state index contributed by atoms with van der Waals surface area (Å²) in [4.78, 5) is 18.1. The van der Waals surface area contributed by atoms with Gasteiger partial charge in [0.15, 0.2) is 5.82 Å². The van der Waals surface area contributed by atoms with Gasteiger partial charge in [-0.1, -0.05) is 84.4 Å². The smallest absolute Gasteiger partial charge is 0.227 e. The predicted octanol–water partition coefficient (Wildman–Crippen LogP) is 6.28. The molecule has 1 fully saturated rings. The Bertz CT molecular complexity index is 1280. The first kappa shape index (κ1) is 25.0. The maximum Gasteiger partial charge on any atom is 0.227 e. The minimum atomic E-state index is -0.0639. The van der Waals surface area contributed by atoms with Crippen LogP contribution in [0.5, 0.6) is 0 Å². The first-order valence-electron chi connectivity index (χ1n) is 12.9. The van der Waals surface area contributed by atoms with E-state index in [0.717, 1.165) is 48.4 Å². The second-order valence-electron chi connectivity index (χ2n) is 9.55. The van der Waals surface area contributed by atoms with Crippen LogP contribution in [-0.2, 0) is 17.8 Å². The number of piperidine rings is 1. The highest BCUT2D eigenvalue weighted by atomic mass is 35.5. The minimum Gasteiger partial charge on any atom is -0.354 e. The van der Waals surface area contributed by atoms with Crippen molar-refractivity contribution in [3.8, 4) is 11.3 Å². The van der Waals surface area contributed by atoms with Gasteiger partial charge in [-0.2, -0.15) is 0 Å². The van der Waals surface area contributed by atoms with Gasteiger partial charge in [-0.3, -0.25) is 4.79 Å². The Kier molecular flexibility index (Phi) is 8.11. The molecule has 1 aliphatic rings. The van der Waals surface area contributed by atoms with Crippen LogP contribution >= 0.6 is 11.6 Å². The normalized spacial score (nSPS) is 15.4. The highest BCUT2D eigenvalue weighted by Crippen LogP contribution is 2.26. The fourth-order valence-corrected chi connectivity index (χ4v) is 5.02. The molecule has 37 heavy (non-hydrogen) atoms. The molecule has 1 unspecified atom stereocenters. The van der Waals surface area contributed by atoms with Gasteiger partial charge in [0, 0.05) is 36.8 Å². The summed E-state index contributed by atoms with van der Waals surface area (Å²) in [7, 11) is 0. The number of aromatic nitrogens is 2. The van der Waals surface area contributed by atoms with Crippen LogP contribution in [0.1, 0.15) is 24.0 Å². The summed E-state index contributed by atoms with van der Waals surface area (Å²) in [6.45, 7) is 2.86. The van der Waals surface area contributed by atoms with Gasteiger partial charge < -0.3 is 9.80 Å².